The van der Waals surface area contributed by atoms with Gasteiger partial charge in [0, 0.05) is 33.0 Å². The minimum atomic E-state index is 0.593. The smallest absolute Gasteiger partial charge is 0.164 e. The van der Waals surface area contributed by atoms with E-state index >= 15 is 0 Å². The van der Waals surface area contributed by atoms with E-state index in [0.717, 1.165) is 88.7 Å². The number of rotatable bonds is 8. The van der Waals surface area contributed by atoms with E-state index in [1.807, 2.05) is 18.2 Å². The lowest BCUT2D eigenvalue weighted by Crippen LogP contribution is -2.00. The van der Waals surface area contributed by atoms with Crippen LogP contribution in [0.5, 0.6) is 0 Å². The van der Waals surface area contributed by atoms with Crippen molar-refractivity contribution in [2.24, 2.45) is 0 Å². The van der Waals surface area contributed by atoms with Gasteiger partial charge in [0.15, 0.2) is 17.5 Å². The minimum absolute atomic E-state index is 0.593. The average molecular weight is 780 g/mol. The number of hydrogen-bond acceptors (Lipinski definition) is 4. The lowest BCUT2D eigenvalue weighted by atomic mass is 9.93. The molecule has 2 heterocycles. The first-order valence-corrected chi connectivity index (χ1v) is 20.5. The topological polar surface area (TPSA) is 51.8 Å². The van der Waals surface area contributed by atoms with Crippen molar-refractivity contribution in [1.29, 1.82) is 0 Å². The molecule has 11 rings (SSSR count). The second-order valence-electron chi connectivity index (χ2n) is 15.2. The monoisotopic (exact) mass is 779 g/mol. The van der Waals surface area contributed by atoms with E-state index in [0.29, 0.717) is 17.5 Å². The number of hydrogen-bond donors (Lipinski definition) is 0. The summed E-state index contributed by atoms with van der Waals surface area (Å²) in [6.45, 7) is 0. The van der Waals surface area contributed by atoms with Gasteiger partial charge < -0.3 is 4.42 Å². The molecule has 4 heteroatoms. The van der Waals surface area contributed by atoms with Gasteiger partial charge in [-0.15, -0.1) is 0 Å². The number of aromatic nitrogens is 3. The molecule has 0 fully saturated rings. The summed E-state index contributed by atoms with van der Waals surface area (Å²) in [5, 5.41) is 2.17. The van der Waals surface area contributed by atoms with Gasteiger partial charge in [-0.25, -0.2) is 15.0 Å². The second-order valence-corrected chi connectivity index (χ2v) is 15.2. The Kier molecular flexibility index (Phi) is 9.14. The van der Waals surface area contributed by atoms with Crippen LogP contribution in [0.25, 0.3) is 112 Å². The van der Waals surface area contributed by atoms with Crippen LogP contribution in [0.1, 0.15) is 0 Å². The molecule has 0 radical (unpaired) electrons. The van der Waals surface area contributed by atoms with Gasteiger partial charge in [0.1, 0.15) is 11.2 Å². The molecule has 0 aliphatic rings. The molecule has 0 N–H and O–H groups in total. The molecule has 11 aromatic rings. The highest BCUT2D eigenvalue weighted by Crippen LogP contribution is 2.43. The van der Waals surface area contributed by atoms with Crippen LogP contribution in [-0.4, -0.2) is 15.0 Å². The zero-order valence-electron chi connectivity index (χ0n) is 33.1. The molecule has 0 amide bonds. The summed E-state index contributed by atoms with van der Waals surface area (Å²) in [6.07, 6.45) is 0. The fraction of sp³-hybridized carbons (Fsp3) is 0. The van der Waals surface area contributed by atoms with Gasteiger partial charge in [0.25, 0.3) is 0 Å². The first-order chi connectivity index (χ1) is 30.2. The van der Waals surface area contributed by atoms with Gasteiger partial charge in [-0.3, -0.25) is 0 Å². The summed E-state index contributed by atoms with van der Waals surface area (Å²) in [5.41, 5.74) is 15.6. The maximum Gasteiger partial charge on any atom is 0.164 e. The molecule has 0 aliphatic carbocycles. The molecule has 0 saturated carbocycles. The first-order valence-electron chi connectivity index (χ1n) is 20.5. The molecule has 9 aromatic carbocycles. The lowest BCUT2D eigenvalue weighted by molar-refractivity contribution is 0.670. The van der Waals surface area contributed by atoms with Crippen molar-refractivity contribution in [2.45, 2.75) is 0 Å². The van der Waals surface area contributed by atoms with Crippen LogP contribution in [0.4, 0.5) is 0 Å². The van der Waals surface area contributed by atoms with Gasteiger partial charge >= 0.3 is 0 Å². The Hall–Kier alpha value is -8.21. The van der Waals surface area contributed by atoms with E-state index in [4.69, 9.17) is 19.4 Å². The quantitative estimate of drug-likeness (QED) is 0.154. The van der Waals surface area contributed by atoms with Gasteiger partial charge in [-0.1, -0.05) is 200 Å². The molecule has 61 heavy (non-hydrogen) atoms. The average Bonchev–Trinajstić information content (AvgIpc) is 3.74. The predicted molar refractivity (Wildman–Crippen MR) is 251 cm³/mol. The standard InChI is InChI=1S/C57H37N3O/c1-5-14-38(15-6-1)41-24-28-44(29-25-41)55-58-56(45-30-26-42(27-31-45)39-16-7-2-8-17-39)60-57(59-55)48-23-13-22-47(36-48)50-34-33-49(43-20-11-4-12-21-43)53-51-37-46(40-18-9-3-10-19-40)32-35-52(51)61-54(50)53/h1-37H. The summed E-state index contributed by atoms with van der Waals surface area (Å²) in [6, 6.07) is 78.1. The molecule has 286 valence electrons. The molecule has 2 aromatic heterocycles. The van der Waals surface area contributed by atoms with Crippen molar-refractivity contribution in [3.8, 4) is 89.8 Å². The molecule has 0 spiro atoms. The van der Waals surface area contributed by atoms with Crippen molar-refractivity contribution < 1.29 is 4.42 Å². The van der Waals surface area contributed by atoms with Crippen LogP contribution in [-0.2, 0) is 0 Å². The largest absolute Gasteiger partial charge is 0.455 e. The number of nitrogens with zero attached hydrogens (tertiary/aromatic N) is 3. The third kappa shape index (κ3) is 6.96. The Morgan fingerprint density at radius 2 is 0.656 bits per heavy atom. The van der Waals surface area contributed by atoms with Crippen LogP contribution < -0.4 is 0 Å². The van der Waals surface area contributed by atoms with Crippen molar-refractivity contribution in [2.75, 3.05) is 0 Å². The van der Waals surface area contributed by atoms with Crippen molar-refractivity contribution >= 4 is 21.9 Å². The summed E-state index contributed by atoms with van der Waals surface area (Å²) in [5.74, 6) is 1.81. The normalized spacial score (nSPS) is 11.3. The van der Waals surface area contributed by atoms with Crippen molar-refractivity contribution in [3.05, 3.63) is 224 Å². The van der Waals surface area contributed by atoms with Crippen molar-refractivity contribution in [3.63, 3.8) is 0 Å². The first kappa shape index (κ1) is 35.9. The zero-order valence-corrected chi connectivity index (χ0v) is 33.1. The fourth-order valence-corrected chi connectivity index (χ4v) is 8.25. The molecule has 0 aliphatic heterocycles. The van der Waals surface area contributed by atoms with Crippen LogP contribution >= 0.6 is 0 Å². The van der Waals surface area contributed by atoms with E-state index in [-0.39, 0.29) is 0 Å². The Morgan fingerprint density at radius 3 is 1.20 bits per heavy atom. The van der Waals surface area contributed by atoms with E-state index < -0.39 is 0 Å². The third-order valence-electron chi connectivity index (χ3n) is 11.4. The minimum Gasteiger partial charge on any atom is -0.455 e. The summed E-state index contributed by atoms with van der Waals surface area (Å²) < 4.78 is 6.83. The van der Waals surface area contributed by atoms with E-state index in [1.54, 1.807) is 0 Å². The maximum atomic E-state index is 6.83. The number of benzene rings is 9. The van der Waals surface area contributed by atoms with Gasteiger partial charge in [0.2, 0.25) is 0 Å². The molecule has 0 atom stereocenters. The van der Waals surface area contributed by atoms with E-state index in [2.05, 4.69) is 206 Å². The Morgan fingerprint density at radius 1 is 0.262 bits per heavy atom. The zero-order chi connectivity index (χ0) is 40.5. The second kappa shape index (κ2) is 15.5. The summed E-state index contributed by atoms with van der Waals surface area (Å²) in [7, 11) is 0. The van der Waals surface area contributed by atoms with E-state index in [9.17, 15) is 0 Å². The van der Waals surface area contributed by atoms with Crippen LogP contribution in [0.15, 0.2) is 229 Å². The highest BCUT2D eigenvalue weighted by Gasteiger charge is 2.20. The highest BCUT2D eigenvalue weighted by molar-refractivity contribution is 6.17. The Bertz CT molecular complexity index is 3210. The van der Waals surface area contributed by atoms with E-state index in [1.165, 1.54) is 5.56 Å². The maximum absolute atomic E-state index is 6.83. The predicted octanol–water partition coefficient (Wildman–Crippen LogP) is 15.1. The van der Waals surface area contributed by atoms with Crippen LogP contribution in [0.2, 0.25) is 0 Å². The van der Waals surface area contributed by atoms with Gasteiger partial charge in [0.05, 0.1) is 0 Å². The molecule has 4 nitrogen and oxygen atoms in total. The molecular weight excluding hydrogens is 743 g/mol. The lowest BCUT2D eigenvalue weighted by Gasteiger charge is -2.12. The Labute approximate surface area is 354 Å². The fourth-order valence-electron chi connectivity index (χ4n) is 8.25. The van der Waals surface area contributed by atoms with Gasteiger partial charge in [-0.05, 0) is 74.3 Å². The van der Waals surface area contributed by atoms with Crippen LogP contribution in [0.3, 0.4) is 0 Å². The number of fused-ring (bicyclic) bond motifs is 3. The Balaban J connectivity index is 1.05. The van der Waals surface area contributed by atoms with Gasteiger partial charge in [-0.2, -0.15) is 0 Å². The highest BCUT2D eigenvalue weighted by atomic mass is 16.3. The molecule has 0 unspecified atom stereocenters. The molecule has 0 bridgehead atoms. The SMILES string of the molecule is c1ccc(-c2ccc(-c3nc(-c4ccc(-c5ccccc5)cc4)nc(-c4cccc(-c5ccc(-c6ccccc6)c6c5oc5ccc(-c7ccccc7)cc56)c4)n3)cc2)cc1. The number of furan rings is 1. The van der Waals surface area contributed by atoms with Crippen molar-refractivity contribution in [1.82, 2.24) is 15.0 Å². The molecular formula is C57H37N3O. The van der Waals surface area contributed by atoms with Crippen LogP contribution in [0, 0.1) is 0 Å². The third-order valence-corrected chi connectivity index (χ3v) is 11.4. The summed E-state index contributed by atoms with van der Waals surface area (Å²) in [4.78, 5) is 15.4. The summed E-state index contributed by atoms with van der Waals surface area (Å²) >= 11 is 0. The molecule has 0 saturated heterocycles.